The van der Waals surface area contributed by atoms with Crippen LogP contribution in [0.4, 0.5) is 5.69 Å². The predicted octanol–water partition coefficient (Wildman–Crippen LogP) is 2.48. The summed E-state index contributed by atoms with van der Waals surface area (Å²) in [5.74, 6) is 0.364. The molecule has 0 aliphatic carbocycles. The molecule has 0 fully saturated rings. The fourth-order valence-electron chi connectivity index (χ4n) is 2.86. The standard InChI is InChI=1S/C15H21NO3/c1-10-4-5-13(19-3)15-12(10)8-11(9-14(17)18)6-7-16(15)2/h4-5,11H,6-9H2,1-3H3,(H,17,18). The summed E-state index contributed by atoms with van der Waals surface area (Å²) < 4.78 is 5.45. The fourth-order valence-corrected chi connectivity index (χ4v) is 2.86. The Labute approximate surface area is 114 Å². The Hall–Kier alpha value is -1.71. The third kappa shape index (κ3) is 2.83. The van der Waals surface area contributed by atoms with Gasteiger partial charge >= 0.3 is 5.97 Å². The number of hydrogen-bond donors (Lipinski definition) is 1. The molecule has 0 saturated carbocycles. The van der Waals surface area contributed by atoms with Crippen LogP contribution < -0.4 is 9.64 Å². The van der Waals surface area contributed by atoms with E-state index in [2.05, 4.69) is 17.9 Å². The number of nitrogens with zero attached hydrogens (tertiary/aromatic N) is 1. The molecule has 0 bridgehead atoms. The molecule has 4 heteroatoms. The van der Waals surface area contributed by atoms with Crippen molar-refractivity contribution in [2.75, 3.05) is 25.6 Å². The Bertz CT molecular complexity index is 485. The van der Waals surface area contributed by atoms with Crippen molar-refractivity contribution in [3.63, 3.8) is 0 Å². The summed E-state index contributed by atoms with van der Waals surface area (Å²) in [5.41, 5.74) is 3.56. The van der Waals surface area contributed by atoms with E-state index in [1.54, 1.807) is 7.11 Å². The number of rotatable bonds is 3. The van der Waals surface area contributed by atoms with E-state index in [1.807, 2.05) is 13.1 Å². The number of fused-ring (bicyclic) bond motifs is 1. The van der Waals surface area contributed by atoms with Crippen LogP contribution in [0.3, 0.4) is 0 Å². The van der Waals surface area contributed by atoms with Crippen molar-refractivity contribution < 1.29 is 14.6 Å². The first kappa shape index (κ1) is 13.7. The molecule has 1 heterocycles. The molecule has 4 nitrogen and oxygen atoms in total. The summed E-state index contributed by atoms with van der Waals surface area (Å²) in [6.45, 7) is 2.94. The zero-order chi connectivity index (χ0) is 14.0. The van der Waals surface area contributed by atoms with Crippen molar-refractivity contribution in [2.45, 2.75) is 26.2 Å². The van der Waals surface area contributed by atoms with Crippen LogP contribution in [0.25, 0.3) is 0 Å². The highest BCUT2D eigenvalue weighted by Crippen LogP contribution is 2.38. The van der Waals surface area contributed by atoms with Gasteiger partial charge in [0.05, 0.1) is 12.8 Å². The van der Waals surface area contributed by atoms with E-state index in [0.717, 1.165) is 30.8 Å². The number of hydrogen-bond acceptors (Lipinski definition) is 3. The third-order valence-electron chi connectivity index (χ3n) is 3.91. The van der Waals surface area contributed by atoms with Crippen LogP contribution in [0.2, 0.25) is 0 Å². The number of carbonyl (C=O) groups is 1. The van der Waals surface area contributed by atoms with Crippen molar-refractivity contribution in [1.29, 1.82) is 0 Å². The topological polar surface area (TPSA) is 49.8 Å². The Balaban J connectivity index is 2.41. The van der Waals surface area contributed by atoms with Crippen LogP contribution in [0, 0.1) is 12.8 Å². The minimum Gasteiger partial charge on any atom is -0.495 e. The molecule has 1 atom stereocenters. The zero-order valence-electron chi connectivity index (χ0n) is 11.8. The van der Waals surface area contributed by atoms with Gasteiger partial charge in [0.15, 0.2) is 0 Å². The molecule has 1 unspecified atom stereocenters. The van der Waals surface area contributed by atoms with Gasteiger partial charge in [-0.3, -0.25) is 4.79 Å². The highest BCUT2D eigenvalue weighted by molar-refractivity contribution is 5.69. The SMILES string of the molecule is COc1ccc(C)c2c1N(C)CCC(CC(=O)O)C2. The van der Waals surface area contributed by atoms with E-state index in [-0.39, 0.29) is 12.3 Å². The maximum absolute atomic E-state index is 10.9. The van der Waals surface area contributed by atoms with Crippen LogP contribution >= 0.6 is 0 Å². The van der Waals surface area contributed by atoms with Crippen molar-refractivity contribution in [3.05, 3.63) is 23.3 Å². The highest BCUT2D eigenvalue weighted by atomic mass is 16.5. The monoisotopic (exact) mass is 263 g/mol. The van der Waals surface area contributed by atoms with E-state index >= 15 is 0 Å². The molecule has 0 aromatic heterocycles. The molecular weight excluding hydrogens is 242 g/mol. The molecule has 2 rings (SSSR count). The molecule has 1 aromatic rings. The molecule has 104 valence electrons. The Kier molecular flexibility index (Phi) is 3.98. The molecule has 1 aromatic carbocycles. The summed E-state index contributed by atoms with van der Waals surface area (Å²) in [7, 11) is 3.72. The van der Waals surface area contributed by atoms with Gasteiger partial charge in [-0.2, -0.15) is 0 Å². The van der Waals surface area contributed by atoms with Gasteiger partial charge in [0.1, 0.15) is 5.75 Å². The number of carboxylic acid groups (broad SMARTS) is 1. The van der Waals surface area contributed by atoms with Crippen LogP contribution in [-0.2, 0) is 11.2 Å². The summed E-state index contributed by atoms with van der Waals surface area (Å²) in [4.78, 5) is 13.1. The van der Waals surface area contributed by atoms with E-state index in [0.29, 0.717) is 0 Å². The van der Waals surface area contributed by atoms with Crippen molar-refractivity contribution in [2.24, 2.45) is 5.92 Å². The predicted molar refractivity (Wildman–Crippen MR) is 75.1 cm³/mol. The van der Waals surface area contributed by atoms with Crippen LogP contribution in [-0.4, -0.2) is 31.8 Å². The summed E-state index contributed by atoms with van der Waals surface area (Å²) in [6, 6.07) is 4.04. The second kappa shape index (κ2) is 5.51. The number of anilines is 1. The summed E-state index contributed by atoms with van der Waals surface area (Å²) in [5, 5.41) is 9.00. The lowest BCUT2D eigenvalue weighted by molar-refractivity contribution is -0.138. The Morgan fingerprint density at radius 3 is 2.89 bits per heavy atom. The number of aryl methyl sites for hydroxylation is 1. The number of methoxy groups -OCH3 is 1. The van der Waals surface area contributed by atoms with Crippen LogP contribution in [0.1, 0.15) is 24.0 Å². The average Bonchev–Trinajstić information content (AvgIpc) is 2.51. The molecule has 0 spiro atoms. The molecular formula is C15H21NO3. The zero-order valence-corrected chi connectivity index (χ0v) is 11.8. The molecule has 1 N–H and O–H groups in total. The number of ether oxygens (including phenoxy) is 1. The molecule has 0 amide bonds. The van der Waals surface area contributed by atoms with Gasteiger partial charge in [-0.1, -0.05) is 6.07 Å². The quantitative estimate of drug-likeness (QED) is 0.910. The van der Waals surface area contributed by atoms with Gasteiger partial charge in [-0.25, -0.2) is 0 Å². The lowest BCUT2D eigenvalue weighted by atomic mass is 9.91. The van der Waals surface area contributed by atoms with E-state index < -0.39 is 5.97 Å². The number of benzene rings is 1. The minimum atomic E-state index is -0.711. The maximum Gasteiger partial charge on any atom is 0.303 e. The first-order valence-corrected chi connectivity index (χ1v) is 6.62. The second-order valence-corrected chi connectivity index (χ2v) is 5.29. The molecule has 1 aliphatic rings. The third-order valence-corrected chi connectivity index (χ3v) is 3.91. The number of aliphatic carboxylic acids is 1. The highest BCUT2D eigenvalue weighted by Gasteiger charge is 2.25. The van der Waals surface area contributed by atoms with E-state index in [1.165, 1.54) is 11.1 Å². The van der Waals surface area contributed by atoms with Gasteiger partial charge in [-0.15, -0.1) is 0 Å². The molecule has 0 saturated heterocycles. The van der Waals surface area contributed by atoms with Gasteiger partial charge in [-0.05, 0) is 42.9 Å². The molecule has 0 radical (unpaired) electrons. The smallest absolute Gasteiger partial charge is 0.303 e. The van der Waals surface area contributed by atoms with Crippen LogP contribution in [0.15, 0.2) is 12.1 Å². The van der Waals surface area contributed by atoms with E-state index in [4.69, 9.17) is 9.84 Å². The van der Waals surface area contributed by atoms with E-state index in [9.17, 15) is 4.79 Å². The lowest BCUT2D eigenvalue weighted by Gasteiger charge is -2.23. The van der Waals surface area contributed by atoms with Gasteiger partial charge in [0.25, 0.3) is 0 Å². The van der Waals surface area contributed by atoms with Crippen molar-refractivity contribution in [3.8, 4) is 5.75 Å². The first-order valence-electron chi connectivity index (χ1n) is 6.62. The molecule has 1 aliphatic heterocycles. The maximum atomic E-state index is 10.9. The normalized spacial score (nSPS) is 18.7. The first-order chi connectivity index (χ1) is 9.02. The van der Waals surface area contributed by atoms with Gasteiger partial charge < -0.3 is 14.7 Å². The summed E-state index contributed by atoms with van der Waals surface area (Å²) >= 11 is 0. The lowest BCUT2D eigenvalue weighted by Crippen LogP contribution is -2.20. The van der Waals surface area contributed by atoms with Crippen LogP contribution in [0.5, 0.6) is 5.75 Å². The Morgan fingerprint density at radius 1 is 1.53 bits per heavy atom. The van der Waals surface area contributed by atoms with Crippen molar-refractivity contribution >= 4 is 11.7 Å². The van der Waals surface area contributed by atoms with Gasteiger partial charge in [0, 0.05) is 20.0 Å². The number of carboxylic acids is 1. The minimum absolute atomic E-state index is 0.201. The Morgan fingerprint density at radius 2 is 2.26 bits per heavy atom. The summed E-state index contributed by atoms with van der Waals surface area (Å²) in [6.07, 6.45) is 1.96. The fraction of sp³-hybridized carbons (Fsp3) is 0.533. The van der Waals surface area contributed by atoms with Crippen molar-refractivity contribution in [1.82, 2.24) is 0 Å². The average molecular weight is 263 g/mol. The second-order valence-electron chi connectivity index (χ2n) is 5.29. The molecule has 19 heavy (non-hydrogen) atoms. The van der Waals surface area contributed by atoms with Gasteiger partial charge in [0.2, 0.25) is 0 Å². The largest absolute Gasteiger partial charge is 0.495 e.